The van der Waals surface area contributed by atoms with E-state index in [1.165, 1.54) is 0 Å². The fourth-order valence-corrected chi connectivity index (χ4v) is 0.914. The molecule has 0 aromatic heterocycles. The molecule has 0 amide bonds. The summed E-state index contributed by atoms with van der Waals surface area (Å²) in [5.41, 5.74) is 3.52. The number of alkyl halides is 9. The van der Waals surface area contributed by atoms with Gasteiger partial charge in [-0.25, -0.2) is 9.13 Å². The molecule has 19 heavy (non-hydrogen) atoms. The van der Waals surface area contributed by atoms with E-state index in [1.807, 2.05) is 0 Å². The van der Waals surface area contributed by atoms with Crippen molar-refractivity contribution >= 4 is 0 Å². The third-order valence-corrected chi connectivity index (χ3v) is 1.97. The van der Waals surface area contributed by atoms with E-state index < -0.39 is 36.8 Å². The van der Waals surface area contributed by atoms with Crippen LogP contribution in [0.25, 0.3) is 0 Å². The summed E-state index contributed by atoms with van der Waals surface area (Å²) in [5.74, 6) is -5.71. The fraction of sp³-hybridized carbons (Fsp3) is 1.00. The Morgan fingerprint density at radius 1 is 0.947 bits per heavy atom. The first kappa shape index (κ1) is 18.3. The van der Waals surface area contributed by atoms with Gasteiger partial charge < -0.3 is 0 Å². The van der Waals surface area contributed by atoms with Gasteiger partial charge in [-0.05, 0) is 6.42 Å². The molecule has 2 nitrogen and oxygen atoms in total. The Morgan fingerprint density at radius 3 is 1.68 bits per heavy atom. The molecule has 0 rings (SSSR count). The molecule has 0 spiro atoms. The second-order valence-electron chi connectivity index (χ2n) is 3.64. The standard InChI is InChI=1S/C8H10F9NO/c1-2-3-4(9)5(10,11)7(14,15)19-8(16,17)6(12,13)18/h4H,2-3,18H2,1H3. The highest BCUT2D eigenvalue weighted by Gasteiger charge is 2.70. The summed E-state index contributed by atoms with van der Waals surface area (Å²) in [6, 6.07) is -5.64. The number of ether oxygens (including phenoxy) is 1. The first-order valence-corrected chi connectivity index (χ1v) is 4.83. The molecule has 0 bridgehead atoms. The van der Waals surface area contributed by atoms with Crippen molar-refractivity contribution in [2.24, 2.45) is 5.73 Å². The quantitative estimate of drug-likeness (QED) is 0.577. The molecule has 0 saturated carbocycles. The van der Waals surface area contributed by atoms with Crippen LogP contribution in [0.2, 0.25) is 0 Å². The van der Waals surface area contributed by atoms with Crippen LogP contribution in [-0.2, 0) is 4.74 Å². The molecule has 0 aromatic carbocycles. The monoisotopic (exact) mass is 307 g/mol. The summed E-state index contributed by atoms with van der Waals surface area (Å²) in [6.07, 6.45) is -17.2. The van der Waals surface area contributed by atoms with E-state index in [1.54, 1.807) is 0 Å². The van der Waals surface area contributed by atoms with Gasteiger partial charge in [0, 0.05) is 0 Å². The van der Waals surface area contributed by atoms with Gasteiger partial charge in [0.05, 0.1) is 0 Å². The van der Waals surface area contributed by atoms with Crippen molar-refractivity contribution in [2.45, 2.75) is 50.1 Å². The highest BCUT2D eigenvalue weighted by atomic mass is 19.3. The highest BCUT2D eigenvalue weighted by molar-refractivity contribution is 4.87. The third-order valence-electron chi connectivity index (χ3n) is 1.97. The number of rotatable bonds is 7. The third kappa shape index (κ3) is 3.88. The molecule has 0 aromatic rings. The number of hydrogen-bond acceptors (Lipinski definition) is 2. The molecular formula is C8H10F9NO. The summed E-state index contributed by atoms with van der Waals surface area (Å²) >= 11 is 0. The molecular weight excluding hydrogens is 297 g/mol. The smallest absolute Gasteiger partial charge is 0.264 e. The Labute approximate surface area is 101 Å². The molecule has 0 aliphatic heterocycles. The minimum Gasteiger partial charge on any atom is -0.264 e. The minimum absolute atomic E-state index is 0.309. The molecule has 0 saturated heterocycles. The molecule has 0 heterocycles. The molecule has 0 radical (unpaired) electrons. The lowest BCUT2D eigenvalue weighted by Gasteiger charge is -2.32. The van der Waals surface area contributed by atoms with E-state index in [4.69, 9.17) is 0 Å². The van der Waals surface area contributed by atoms with E-state index in [0.717, 1.165) is 6.92 Å². The lowest BCUT2D eigenvalue weighted by molar-refractivity contribution is -0.472. The molecule has 116 valence electrons. The van der Waals surface area contributed by atoms with Gasteiger partial charge >= 0.3 is 24.2 Å². The zero-order chi connectivity index (χ0) is 15.7. The molecule has 1 atom stereocenters. The Hall–Kier alpha value is -0.710. The summed E-state index contributed by atoms with van der Waals surface area (Å²) < 4.78 is 115. The minimum atomic E-state index is -6.16. The van der Waals surface area contributed by atoms with Gasteiger partial charge in [-0.1, -0.05) is 13.3 Å². The fourth-order valence-electron chi connectivity index (χ4n) is 0.914. The predicted molar refractivity (Wildman–Crippen MR) is 44.9 cm³/mol. The Balaban J connectivity index is 5.17. The zero-order valence-electron chi connectivity index (χ0n) is 9.38. The van der Waals surface area contributed by atoms with Crippen molar-refractivity contribution in [3.8, 4) is 0 Å². The van der Waals surface area contributed by atoms with E-state index in [0.29, 0.717) is 0 Å². The van der Waals surface area contributed by atoms with E-state index in [9.17, 15) is 39.5 Å². The van der Waals surface area contributed by atoms with Gasteiger partial charge in [0.2, 0.25) is 0 Å². The largest absolute Gasteiger partial charge is 0.439 e. The van der Waals surface area contributed by atoms with Crippen LogP contribution in [0.15, 0.2) is 0 Å². The van der Waals surface area contributed by atoms with E-state index in [2.05, 4.69) is 10.5 Å². The Kier molecular flexibility index (Phi) is 5.15. The van der Waals surface area contributed by atoms with Crippen LogP contribution in [0.4, 0.5) is 39.5 Å². The van der Waals surface area contributed by atoms with Crippen LogP contribution >= 0.6 is 0 Å². The van der Waals surface area contributed by atoms with Crippen LogP contribution in [-0.4, -0.2) is 30.4 Å². The number of hydrogen-bond donors (Lipinski definition) is 1. The van der Waals surface area contributed by atoms with Crippen LogP contribution in [0.5, 0.6) is 0 Å². The molecule has 0 aliphatic carbocycles. The predicted octanol–water partition coefficient (Wildman–Crippen LogP) is 3.51. The molecule has 0 aliphatic rings. The first-order valence-electron chi connectivity index (χ1n) is 4.83. The average Bonchev–Trinajstić information content (AvgIpc) is 2.14. The van der Waals surface area contributed by atoms with Crippen LogP contribution < -0.4 is 5.73 Å². The van der Waals surface area contributed by atoms with Gasteiger partial charge in [-0.15, -0.1) is 0 Å². The van der Waals surface area contributed by atoms with Crippen LogP contribution in [0, 0.1) is 0 Å². The Morgan fingerprint density at radius 2 is 1.37 bits per heavy atom. The lowest BCUT2D eigenvalue weighted by atomic mass is 10.1. The number of nitrogens with two attached hydrogens (primary N) is 1. The van der Waals surface area contributed by atoms with Crippen molar-refractivity contribution in [1.29, 1.82) is 0 Å². The molecule has 11 heteroatoms. The van der Waals surface area contributed by atoms with Crippen LogP contribution in [0.3, 0.4) is 0 Å². The summed E-state index contributed by atoms with van der Waals surface area (Å²) in [6.45, 7) is 1.16. The normalized spacial score (nSPS) is 16.6. The van der Waals surface area contributed by atoms with Crippen molar-refractivity contribution in [3.05, 3.63) is 0 Å². The molecule has 2 N–H and O–H groups in total. The highest BCUT2D eigenvalue weighted by Crippen LogP contribution is 2.46. The van der Waals surface area contributed by atoms with Gasteiger partial charge in [-0.2, -0.15) is 35.1 Å². The topological polar surface area (TPSA) is 35.2 Å². The van der Waals surface area contributed by atoms with E-state index >= 15 is 0 Å². The van der Waals surface area contributed by atoms with Gasteiger partial charge in [0.1, 0.15) is 0 Å². The summed E-state index contributed by atoms with van der Waals surface area (Å²) in [5, 5.41) is 0. The molecule has 1 unspecified atom stereocenters. The average molecular weight is 307 g/mol. The maximum absolute atomic E-state index is 12.8. The second-order valence-corrected chi connectivity index (χ2v) is 3.64. The maximum Gasteiger partial charge on any atom is 0.439 e. The lowest BCUT2D eigenvalue weighted by Crippen LogP contribution is -2.58. The SMILES string of the molecule is CCCC(F)C(F)(F)C(F)(F)OC(F)(F)C(N)(F)F. The summed E-state index contributed by atoms with van der Waals surface area (Å²) in [7, 11) is 0. The van der Waals surface area contributed by atoms with Crippen molar-refractivity contribution < 1.29 is 44.3 Å². The van der Waals surface area contributed by atoms with Crippen molar-refractivity contribution in [2.75, 3.05) is 0 Å². The second kappa shape index (κ2) is 5.35. The van der Waals surface area contributed by atoms with Crippen LogP contribution in [0.1, 0.15) is 19.8 Å². The van der Waals surface area contributed by atoms with Gasteiger partial charge in [0.25, 0.3) is 0 Å². The molecule has 0 fully saturated rings. The number of halogens is 9. The first-order chi connectivity index (χ1) is 8.19. The maximum atomic E-state index is 12.8. The van der Waals surface area contributed by atoms with Gasteiger partial charge in [-0.3, -0.25) is 5.73 Å². The van der Waals surface area contributed by atoms with Crippen molar-refractivity contribution in [1.82, 2.24) is 0 Å². The summed E-state index contributed by atoms with van der Waals surface area (Å²) in [4.78, 5) is 0. The van der Waals surface area contributed by atoms with Crippen molar-refractivity contribution in [3.63, 3.8) is 0 Å². The van der Waals surface area contributed by atoms with Gasteiger partial charge in [0.15, 0.2) is 6.17 Å². The Bertz CT molecular complexity index is 301. The zero-order valence-corrected chi connectivity index (χ0v) is 9.38. The van der Waals surface area contributed by atoms with E-state index in [-0.39, 0.29) is 6.42 Å².